The standard InChI is InChI=1S/C27H36ClN3O4S/c1-18-7-9-21(16-23(18)28)36(33,34)31-12-5-6-20(31)15-26(32)30-24-11-13-35-25-14-19(8-10-22(24)25)17-29-27(2,3)4/h7-10,14,16,20,24,29H,5-6,11-13,15,17H2,1-4H3,(H,30,32)/t20-,24+/m0/s1. The Labute approximate surface area is 219 Å². The van der Waals surface area contributed by atoms with Crippen molar-refractivity contribution in [2.24, 2.45) is 0 Å². The average Bonchev–Trinajstić information content (AvgIpc) is 3.28. The van der Waals surface area contributed by atoms with E-state index < -0.39 is 10.0 Å². The van der Waals surface area contributed by atoms with Crippen molar-refractivity contribution in [2.75, 3.05) is 13.2 Å². The molecule has 2 aliphatic heterocycles. The maximum absolute atomic E-state index is 13.3. The molecule has 7 nitrogen and oxygen atoms in total. The van der Waals surface area contributed by atoms with Crippen LogP contribution in [0.3, 0.4) is 0 Å². The van der Waals surface area contributed by atoms with Crippen LogP contribution in [-0.4, -0.2) is 43.4 Å². The topological polar surface area (TPSA) is 87.7 Å². The summed E-state index contributed by atoms with van der Waals surface area (Å²) in [5.41, 5.74) is 2.92. The number of nitrogens with zero attached hydrogens (tertiary/aromatic N) is 1. The highest BCUT2D eigenvalue weighted by Crippen LogP contribution is 2.34. The lowest BCUT2D eigenvalue weighted by molar-refractivity contribution is -0.122. The molecule has 4 rings (SSSR count). The molecular weight excluding hydrogens is 498 g/mol. The second-order valence-electron chi connectivity index (χ2n) is 10.8. The van der Waals surface area contributed by atoms with Crippen molar-refractivity contribution in [3.8, 4) is 5.75 Å². The smallest absolute Gasteiger partial charge is 0.243 e. The van der Waals surface area contributed by atoms with Gasteiger partial charge in [0.05, 0.1) is 17.5 Å². The van der Waals surface area contributed by atoms with Crippen molar-refractivity contribution < 1.29 is 17.9 Å². The molecule has 2 N–H and O–H groups in total. The molecule has 0 saturated carbocycles. The molecular formula is C27H36ClN3O4S. The van der Waals surface area contributed by atoms with Crippen LogP contribution >= 0.6 is 11.6 Å². The summed E-state index contributed by atoms with van der Waals surface area (Å²) in [6.45, 7) is 9.86. The first-order valence-electron chi connectivity index (χ1n) is 12.5. The van der Waals surface area contributed by atoms with Crippen LogP contribution in [0.25, 0.3) is 0 Å². The van der Waals surface area contributed by atoms with E-state index in [4.69, 9.17) is 16.3 Å². The Morgan fingerprint density at radius 1 is 1.17 bits per heavy atom. The Hall–Kier alpha value is -2.13. The number of rotatable bonds is 7. The molecule has 1 saturated heterocycles. The second kappa shape index (κ2) is 10.7. The van der Waals surface area contributed by atoms with E-state index in [-0.39, 0.29) is 34.8 Å². The van der Waals surface area contributed by atoms with Gasteiger partial charge in [0.25, 0.3) is 0 Å². The van der Waals surface area contributed by atoms with Crippen LogP contribution in [0.1, 0.15) is 69.2 Å². The Bertz CT molecular complexity index is 1230. The fraction of sp³-hybridized carbons (Fsp3) is 0.519. The predicted octanol–water partition coefficient (Wildman–Crippen LogP) is 4.72. The highest BCUT2D eigenvalue weighted by atomic mass is 35.5. The Morgan fingerprint density at radius 2 is 1.94 bits per heavy atom. The molecule has 2 atom stereocenters. The van der Waals surface area contributed by atoms with Crippen LogP contribution in [0, 0.1) is 6.92 Å². The molecule has 2 aliphatic rings. The number of benzene rings is 2. The first-order chi connectivity index (χ1) is 16.9. The lowest BCUT2D eigenvalue weighted by Gasteiger charge is -2.29. The molecule has 196 valence electrons. The number of amides is 1. The molecule has 0 radical (unpaired) electrons. The van der Waals surface area contributed by atoms with E-state index >= 15 is 0 Å². The SMILES string of the molecule is Cc1ccc(S(=O)(=O)N2CCC[C@H]2CC(=O)N[C@@H]2CCOc3cc(CNC(C)(C)C)ccc32)cc1Cl. The first-order valence-corrected chi connectivity index (χ1v) is 14.3. The quantitative estimate of drug-likeness (QED) is 0.537. The molecule has 1 amide bonds. The number of aryl methyl sites for hydroxylation is 1. The number of carbonyl (C=O) groups excluding carboxylic acids is 1. The lowest BCUT2D eigenvalue weighted by atomic mass is 9.98. The monoisotopic (exact) mass is 533 g/mol. The molecule has 0 aromatic heterocycles. The number of hydrogen-bond acceptors (Lipinski definition) is 5. The van der Waals surface area contributed by atoms with Gasteiger partial charge in [-0.3, -0.25) is 4.79 Å². The van der Waals surface area contributed by atoms with E-state index in [2.05, 4.69) is 37.5 Å². The maximum atomic E-state index is 13.3. The van der Waals surface area contributed by atoms with Crippen LogP contribution in [0.4, 0.5) is 0 Å². The first kappa shape index (κ1) is 26.9. The third kappa shape index (κ3) is 6.22. The Kier molecular flexibility index (Phi) is 8.00. The number of nitrogens with one attached hydrogen (secondary N) is 2. The maximum Gasteiger partial charge on any atom is 0.243 e. The van der Waals surface area contributed by atoms with Gasteiger partial charge in [-0.25, -0.2) is 8.42 Å². The van der Waals surface area contributed by atoms with E-state index in [0.29, 0.717) is 31.0 Å². The zero-order valence-electron chi connectivity index (χ0n) is 21.4. The van der Waals surface area contributed by atoms with Gasteiger partial charge in [-0.2, -0.15) is 4.31 Å². The van der Waals surface area contributed by atoms with Crippen molar-refractivity contribution in [2.45, 2.75) is 82.4 Å². The molecule has 1 fully saturated rings. The summed E-state index contributed by atoms with van der Waals surface area (Å²) >= 11 is 6.18. The number of fused-ring (bicyclic) bond motifs is 1. The number of hydrogen-bond donors (Lipinski definition) is 2. The third-order valence-electron chi connectivity index (χ3n) is 6.77. The molecule has 2 heterocycles. The number of halogens is 1. The van der Waals surface area contributed by atoms with Gasteiger partial charge in [0, 0.05) is 48.1 Å². The highest BCUT2D eigenvalue weighted by Gasteiger charge is 2.37. The summed E-state index contributed by atoms with van der Waals surface area (Å²) in [7, 11) is -3.73. The van der Waals surface area contributed by atoms with Crippen LogP contribution < -0.4 is 15.4 Å². The molecule has 0 unspecified atom stereocenters. The molecule has 9 heteroatoms. The fourth-order valence-electron chi connectivity index (χ4n) is 4.73. The van der Waals surface area contributed by atoms with Gasteiger partial charge in [-0.15, -0.1) is 0 Å². The minimum atomic E-state index is -3.73. The summed E-state index contributed by atoms with van der Waals surface area (Å²) in [5, 5.41) is 7.02. The molecule has 0 aliphatic carbocycles. The molecule has 2 aromatic carbocycles. The number of carbonyl (C=O) groups is 1. The lowest BCUT2D eigenvalue weighted by Crippen LogP contribution is -2.40. The van der Waals surface area contributed by atoms with Gasteiger partial charge in [0.1, 0.15) is 5.75 Å². The van der Waals surface area contributed by atoms with Crippen LogP contribution in [0.5, 0.6) is 5.75 Å². The van der Waals surface area contributed by atoms with Crippen molar-refractivity contribution in [3.63, 3.8) is 0 Å². The summed E-state index contributed by atoms with van der Waals surface area (Å²) < 4.78 is 34.0. The summed E-state index contributed by atoms with van der Waals surface area (Å²) in [6.07, 6.45) is 2.18. The van der Waals surface area contributed by atoms with E-state index in [1.54, 1.807) is 12.1 Å². The van der Waals surface area contributed by atoms with Crippen molar-refractivity contribution in [3.05, 3.63) is 58.1 Å². The molecule has 2 aromatic rings. The summed E-state index contributed by atoms with van der Waals surface area (Å²) in [4.78, 5) is 13.2. The zero-order valence-corrected chi connectivity index (χ0v) is 23.0. The average molecular weight is 534 g/mol. The van der Waals surface area contributed by atoms with Gasteiger partial charge in [-0.1, -0.05) is 29.8 Å². The molecule has 0 bridgehead atoms. The van der Waals surface area contributed by atoms with Crippen LogP contribution in [-0.2, 0) is 21.4 Å². The van der Waals surface area contributed by atoms with E-state index in [9.17, 15) is 13.2 Å². The van der Waals surface area contributed by atoms with Crippen molar-refractivity contribution in [1.29, 1.82) is 0 Å². The van der Waals surface area contributed by atoms with Crippen molar-refractivity contribution in [1.82, 2.24) is 14.9 Å². The fourth-order valence-corrected chi connectivity index (χ4v) is 6.69. The van der Waals surface area contributed by atoms with E-state index in [0.717, 1.165) is 35.4 Å². The number of sulfonamides is 1. The summed E-state index contributed by atoms with van der Waals surface area (Å²) in [5.74, 6) is 0.640. The van der Waals surface area contributed by atoms with Gasteiger partial charge in [0.15, 0.2) is 0 Å². The second-order valence-corrected chi connectivity index (χ2v) is 13.1. The van der Waals surface area contributed by atoms with Gasteiger partial charge in [0.2, 0.25) is 15.9 Å². The zero-order chi connectivity index (χ0) is 26.1. The Balaban J connectivity index is 1.42. The van der Waals surface area contributed by atoms with E-state index in [1.165, 1.54) is 10.4 Å². The molecule has 0 spiro atoms. The Morgan fingerprint density at radius 3 is 2.67 bits per heavy atom. The van der Waals surface area contributed by atoms with Crippen LogP contribution in [0.15, 0.2) is 41.3 Å². The summed E-state index contributed by atoms with van der Waals surface area (Å²) in [6, 6.07) is 10.4. The van der Waals surface area contributed by atoms with Crippen LogP contribution in [0.2, 0.25) is 5.02 Å². The van der Waals surface area contributed by atoms with Gasteiger partial charge < -0.3 is 15.4 Å². The minimum Gasteiger partial charge on any atom is -0.493 e. The molecule has 36 heavy (non-hydrogen) atoms. The van der Waals surface area contributed by atoms with Gasteiger partial charge in [-0.05, 0) is 69.9 Å². The number of ether oxygens (including phenoxy) is 1. The predicted molar refractivity (Wildman–Crippen MR) is 142 cm³/mol. The third-order valence-corrected chi connectivity index (χ3v) is 9.12. The highest BCUT2D eigenvalue weighted by molar-refractivity contribution is 7.89. The van der Waals surface area contributed by atoms with Gasteiger partial charge >= 0.3 is 0 Å². The normalized spacial score (nSPS) is 20.6. The minimum absolute atomic E-state index is 0.0145. The van der Waals surface area contributed by atoms with Crippen molar-refractivity contribution >= 4 is 27.5 Å². The van der Waals surface area contributed by atoms with E-state index in [1.807, 2.05) is 19.1 Å². The largest absolute Gasteiger partial charge is 0.493 e.